The molecule has 124 valence electrons. The van der Waals surface area contributed by atoms with Crippen LogP contribution >= 0.6 is 0 Å². The van der Waals surface area contributed by atoms with Crippen molar-refractivity contribution in [3.8, 4) is 0 Å². The molecule has 5 heteroatoms. The Kier molecular flexibility index (Phi) is 4.66. The molecule has 0 aliphatic heterocycles. The number of carbonyl (C=O) groups excluding carboxylic acids is 1. The van der Waals surface area contributed by atoms with E-state index in [-0.39, 0.29) is 5.91 Å². The van der Waals surface area contributed by atoms with Gasteiger partial charge >= 0.3 is 0 Å². The average molecular weight is 315 g/mol. The molecule has 0 spiro atoms. The van der Waals surface area contributed by atoms with Crippen molar-refractivity contribution in [3.63, 3.8) is 0 Å². The molecule has 0 aromatic carbocycles. The maximum Gasteiger partial charge on any atom is 0.255 e. The number of amides is 1. The van der Waals surface area contributed by atoms with E-state index in [1.54, 1.807) is 0 Å². The van der Waals surface area contributed by atoms with E-state index in [4.69, 9.17) is 4.74 Å². The van der Waals surface area contributed by atoms with Gasteiger partial charge in [0.2, 0.25) is 0 Å². The number of fused-ring (bicyclic) bond motifs is 1. The molecule has 5 nitrogen and oxygen atoms in total. The molecule has 2 aromatic rings. The van der Waals surface area contributed by atoms with E-state index in [0.717, 1.165) is 42.9 Å². The molecule has 0 bridgehead atoms. The van der Waals surface area contributed by atoms with E-state index in [0.29, 0.717) is 24.1 Å². The van der Waals surface area contributed by atoms with Crippen LogP contribution in [0, 0.1) is 19.8 Å². The number of aryl methyl sites for hydroxylation is 2. The van der Waals surface area contributed by atoms with Crippen molar-refractivity contribution in [1.29, 1.82) is 0 Å². The van der Waals surface area contributed by atoms with Gasteiger partial charge in [0.25, 0.3) is 5.91 Å². The second-order valence-corrected chi connectivity index (χ2v) is 6.50. The lowest BCUT2D eigenvalue weighted by atomic mass is 9.82. The Morgan fingerprint density at radius 2 is 2.22 bits per heavy atom. The van der Waals surface area contributed by atoms with Crippen molar-refractivity contribution in [1.82, 2.24) is 14.7 Å². The zero-order valence-corrected chi connectivity index (χ0v) is 14.1. The zero-order valence-electron chi connectivity index (χ0n) is 14.1. The number of nitrogens with zero attached hydrogens (tertiary/aromatic N) is 2. The fraction of sp³-hybridized carbons (Fsp3) is 0.556. The molecule has 2 aromatic heterocycles. The molecular formula is C18H25N3O2. The Bertz CT molecular complexity index is 702. The lowest BCUT2D eigenvalue weighted by Crippen LogP contribution is -2.39. The van der Waals surface area contributed by atoms with E-state index in [1.807, 2.05) is 36.6 Å². The number of nitrogens with one attached hydrogen (secondary N) is 1. The van der Waals surface area contributed by atoms with Crippen molar-refractivity contribution in [2.75, 3.05) is 13.2 Å². The van der Waals surface area contributed by atoms with Crippen LogP contribution in [0.4, 0.5) is 0 Å². The fourth-order valence-corrected chi connectivity index (χ4v) is 3.17. The van der Waals surface area contributed by atoms with Crippen molar-refractivity contribution < 1.29 is 9.53 Å². The van der Waals surface area contributed by atoms with Gasteiger partial charge in [0.1, 0.15) is 5.65 Å². The van der Waals surface area contributed by atoms with E-state index >= 15 is 0 Å². The molecule has 3 rings (SSSR count). The first-order valence-electron chi connectivity index (χ1n) is 8.43. The van der Waals surface area contributed by atoms with Crippen molar-refractivity contribution >= 4 is 11.6 Å². The number of aromatic nitrogens is 2. The van der Waals surface area contributed by atoms with Crippen LogP contribution < -0.4 is 5.32 Å². The molecule has 1 aliphatic rings. The molecule has 2 heterocycles. The van der Waals surface area contributed by atoms with Crippen LogP contribution in [-0.2, 0) is 4.74 Å². The van der Waals surface area contributed by atoms with Gasteiger partial charge in [-0.2, -0.15) is 0 Å². The van der Waals surface area contributed by atoms with Gasteiger partial charge in [0, 0.05) is 30.7 Å². The summed E-state index contributed by atoms with van der Waals surface area (Å²) in [5, 5.41) is 3.05. The Morgan fingerprint density at radius 1 is 1.43 bits per heavy atom. The fourth-order valence-electron chi connectivity index (χ4n) is 3.17. The number of carbonyl (C=O) groups is 1. The maximum absolute atomic E-state index is 12.4. The number of rotatable bonds is 6. The van der Waals surface area contributed by atoms with Gasteiger partial charge in [-0.1, -0.05) is 6.92 Å². The Hall–Kier alpha value is -1.88. The second-order valence-electron chi connectivity index (χ2n) is 6.50. The summed E-state index contributed by atoms with van der Waals surface area (Å²) in [6, 6.07) is 3.86. The first-order valence-corrected chi connectivity index (χ1v) is 8.43. The highest BCUT2D eigenvalue weighted by Gasteiger charge is 2.30. The van der Waals surface area contributed by atoms with Crippen LogP contribution in [-0.4, -0.2) is 34.5 Å². The molecule has 23 heavy (non-hydrogen) atoms. The summed E-state index contributed by atoms with van der Waals surface area (Å²) in [5.41, 5.74) is 3.40. The highest BCUT2D eigenvalue weighted by Crippen LogP contribution is 2.29. The predicted molar refractivity (Wildman–Crippen MR) is 89.8 cm³/mol. The SMILES string of the molecule is CCCOC1CC(CNC(=O)c2ccn3c(C)cc(C)nc23)C1. The Labute approximate surface area is 137 Å². The minimum Gasteiger partial charge on any atom is -0.378 e. The van der Waals surface area contributed by atoms with Crippen molar-refractivity contribution in [3.05, 3.63) is 35.3 Å². The second kappa shape index (κ2) is 6.71. The quantitative estimate of drug-likeness (QED) is 0.892. The van der Waals surface area contributed by atoms with E-state index in [9.17, 15) is 4.79 Å². The monoisotopic (exact) mass is 315 g/mol. The topological polar surface area (TPSA) is 55.6 Å². The molecule has 1 saturated carbocycles. The van der Waals surface area contributed by atoms with Crippen molar-refractivity contribution in [2.45, 2.75) is 46.1 Å². The summed E-state index contributed by atoms with van der Waals surface area (Å²) >= 11 is 0. The Balaban J connectivity index is 1.58. The number of ether oxygens (including phenoxy) is 1. The number of hydrogen-bond acceptors (Lipinski definition) is 3. The van der Waals surface area contributed by atoms with Gasteiger partial charge in [-0.3, -0.25) is 4.79 Å². The lowest BCUT2D eigenvalue weighted by Gasteiger charge is -2.35. The molecule has 1 N–H and O–H groups in total. The molecule has 1 fully saturated rings. The summed E-state index contributed by atoms with van der Waals surface area (Å²) in [6.45, 7) is 7.65. The molecular weight excluding hydrogens is 290 g/mol. The van der Waals surface area contributed by atoms with Crippen LogP contribution in [0.3, 0.4) is 0 Å². The van der Waals surface area contributed by atoms with Crippen LogP contribution in [0.5, 0.6) is 0 Å². The third-order valence-electron chi connectivity index (χ3n) is 4.49. The smallest absolute Gasteiger partial charge is 0.255 e. The third-order valence-corrected chi connectivity index (χ3v) is 4.49. The largest absolute Gasteiger partial charge is 0.378 e. The summed E-state index contributed by atoms with van der Waals surface area (Å²) in [6.07, 6.45) is 5.45. The minimum atomic E-state index is -0.0390. The minimum absolute atomic E-state index is 0.0390. The van der Waals surface area contributed by atoms with Crippen LogP contribution in [0.25, 0.3) is 5.65 Å². The van der Waals surface area contributed by atoms with Crippen molar-refractivity contribution in [2.24, 2.45) is 5.92 Å². The lowest BCUT2D eigenvalue weighted by molar-refractivity contribution is -0.0291. The summed E-state index contributed by atoms with van der Waals surface area (Å²) in [4.78, 5) is 17.0. The first-order chi connectivity index (χ1) is 11.1. The van der Waals surface area contributed by atoms with Crippen LogP contribution in [0.15, 0.2) is 18.3 Å². The van der Waals surface area contributed by atoms with E-state index in [2.05, 4.69) is 17.2 Å². The highest BCUT2D eigenvalue weighted by atomic mass is 16.5. The normalized spacial score (nSPS) is 20.5. The Morgan fingerprint density at radius 3 is 2.96 bits per heavy atom. The van der Waals surface area contributed by atoms with Gasteiger partial charge in [-0.05, 0) is 51.2 Å². The predicted octanol–water partition coefficient (Wildman–Crippen LogP) is 2.89. The summed E-state index contributed by atoms with van der Waals surface area (Å²) < 4.78 is 7.65. The summed E-state index contributed by atoms with van der Waals surface area (Å²) in [5.74, 6) is 0.494. The molecule has 0 atom stereocenters. The molecule has 0 saturated heterocycles. The van der Waals surface area contributed by atoms with Gasteiger partial charge in [-0.15, -0.1) is 0 Å². The maximum atomic E-state index is 12.4. The molecule has 0 radical (unpaired) electrons. The number of hydrogen-bond donors (Lipinski definition) is 1. The standard InChI is InChI=1S/C18H25N3O2/c1-4-7-23-15-9-14(10-15)11-19-18(22)16-5-6-21-13(3)8-12(2)20-17(16)21/h5-6,8,14-15H,4,7,9-11H2,1-3H3,(H,19,22). The average Bonchev–Trinajstić information content (AvgIpc) is 2.89. The van der Waals surface area contributed by atoms with E-state index in [1.165, 1.54) is 0 Å². The van der Waals surface area contributed by atoms with Gasteiger partial charge in [0.15, 0.2) is 0 Å². The highest BCUT2D eigenvalue weighted by molar-refractivity contribution is 6.00. The molecule has 0 unspecified atom stereocenters. The first kappa shape index (κ1) is 16.0. The molecule has 1 aliphatic carbocycles. The van der Waals surface area contributed by atoms with Gasteiger partial charge in [-0.25, -0.2) is 4.98 Å². The van der Waals surface area contributed by atoms with Crippen LogP contribution in [0.2, 0.25) is 0 Å². The summed E-state index contributed by atoms with van der Waals surface area (Å²) in [7, 11) is 0. The van der Waals surface area contributed by atoms with Gasteiger partial charge in [0.05, 0.1) is 11.7 Å². The van der Waals surface area contributed by atoms with E-state index < -0.39 is 0 Å². The third kappa shape index (κ3) is 3.39. The molecule has 1 amide bonds. The van der Waals surface area contributed by atoms with Crippen LogP contribution in [0.1, 0.15) is 47.9 Å². The van der Waals surface area contributed by atoms with Gasteiger partial charge < -0.3 is 14.5 Å². The zero-order chi connectivity index (χ0) is 16.4.